The molecular weight excluding hydrogens is 509 g/mol. The fraction of sp³-hybridized carbons (Fsp3) is 0.0833. The van der Waals surface area contributed by atoms with Gasteiger partial charge < -0.3 is 10.1 Å². The van der Waals surface area contributed by atoms with E-state index in [1.807, 2.05) is 0 Å². The molecule has 0 saturated carbocycles. The van der Waals surface area contributed by atoms with E-state index in [-0.39, 0.29) is 30.1 Å². The Morgan fingerprint density at radius 2 is 1.82 bits per heavy atom. The van der Waals surface area contributed by atoms with Gasteiger partial charge in [-0.3, -0.25) is 19.8 Å². The van der Waals surface area contributed by atoms with Gasteiger partial charge in [0, 0.05) is 17.7 Å². The Balaban J connectivity index is 1.43. The molecule has 0 bridgehead atoms. The molecule has 0 atom stereocenters. The number of benzene rings is 3. The minimum atomic E-state index is -0.623. The number of rotatable bonds is 7. The van der Waals surface area contributed by atoms with Gasteiger partial charge in [-0.25, -0.2) is 9.18 Å². The molecular formula is C24H17BrFN3O5. The summed E-state index contributed by atoms with van der Waals surface area (Å²) >= 11 is 3.42. The third-order valence-corrected chi connectivity index (χ3v) is 5.68. The number of nitrogens with one attached hydrogen (secondary N) is 1. The molecule has 0 spiro atoms. The van der Waals surface area contributed by atoms with Crippen molar-refractivity contribution in [2.24, 2.45) is 0 Å². The number of non-ortho nitro benzene ring substituents is 1. The lowest BCUT2D eigenvalue weighted by atomic mass is 10.1. The molecule has 3 aromatic rings. The summed E-state index contributed by atoms with van der Waals surface area (Å²) in [6, 6.07) is 16.5. The number of nitro groups is 1. The van der Waals surface area contributed by atoms with E-state index < -0.39 is 22.7 Å². The largest absolute Gasteiger partial charge is 0.488 e. The maximum atomic E-state index is 13.9. The van der Waals surface area contributed by atoms with Crippen molar-refractivity contribution in [1.82, 2.24) is 10.2 Å². The summed E-state index contributed by atoms with van der Waals surface area (Å²) in [6.07, 6.45) is 1.52. The number of nitrogens with zero attached hydrogens (tertiary/aromatic N) is 2. The average molecular weight is 526 g/mol. The Morgan fingerprint density at radius 1 is 1.09 bits per heavy atom. The molecule has 1 N–H and O–H groups in total. The third kappa shape index (κ3) is 5.12. The standard InChI is InChI=1S/C24H17BrFN3O5/c25-19-11-16(7-10-22(19)34-14-15-5-8-18(9-6-15)29(32)33)12-21-23(30)28(24(31)27-21)13-17-3-1-2-4-20(17)26/h1-12H,13-14H2,(H,27,31)/b21-12+. The van der Waals surface area contributed by atoms with Crippen LogP contribution in [0, 0.1) is 15.9 Å². The van der Waals surface area contributed by atoms with Gasteiger partial charge in [-0.15, -0.1) is 0 Å². The topological polar surface area (TPSA) is 102 Å². The van der Waals surface area contributed by atoms with Crippen molar-refractivity contribution >= 4 is 39.6 Å². The van der Waals surface area contributed by atoms with Crippen LogP contribution in [-0.4, -0.2) is 21.8 Å². The Labute approximate surface area is 201 Å². The molecule has 0 aromatic heterocycles. The van der Waals surface area contributed by atoms with E-state index in [1.165, 1.54) is 36.4 Å². The van der Waals surface area contributed by atoms with Crippen molar-refractivity contribution in [3.63, 3.8) is 0 Å². The first-order chi connectivity index (χ1) is 16.3. The molecule has 10 heteroatoms. The fourth-order valence-corrected chi connectivity index (χ4v) is 3.79. The maximum absolute atomic E-state index is 13.9. The zero-order valence-electron chi connectivity index (χ0n) is 17.5. The van der Waals surface area contributed by atoms with Crippen LogP contribution < -0.4 is 10.1 Å². The molecule has 1 fully saturated rings. The quantitative estimate of drug-likeness (QED) is 0.198. The van der Waals surface area contributed by atoms with Crippen molar-refractivity contribution in [2.45, 2.75) is 13.2 Å². The van der Waals surface area contributed by atoms with Crippen LogP contribution in [0.15, 0.2) is 76.9 Å². The van der Waals surface area contributed by atoms with Gasteiger partial charge >= 0.3 is 6.03 Å². The minimum Gasteiger partial charge on any atom is -0.488 e. The molecule has 172 valence electrons. The summed E-state index contributed by atoms with van der Waals surface area (Å²) in [5, 5.41) is 13.3. The van der Waals surface area contributed by atoms with Crippen molar-refractivity contribution in [3.8, 4) is 5.75 Å². The number of halogens is 2. The molecule has 0 radical (unpaired) electrons. The Hall–Kier alpha value is -4.05. The Kier molecular flexibility index (Phi) is 6.69. The van der Waals surface area contributed by atoms with Crippen molar-refractivity contribution in [1.29, 1.82) is 0 Å². The first-order valence-electron chi connectivity index (χ1n) is 10.1. The SMILES string of the molecule is O=C1N/C(=C/c2ccc(OCc3ccc([N+](=O)[O-])cc3)c(Br)c2)C(=O)N1Cc1ccccc1F. The van der Waals surface area contributed by atoms with Crippen LogP contribution in [0.3, 0.4) is 0 Å². The van der Waals surface area contributed by atoms with E-state index in [1.54, 1.807) is 36.4 Å². The highest BCUT2D eigenvalue weighted by Gasteiger charge is 2.34. The zero-order chi connectivity index (χ0) is 24.2. The Bertz CT molecular complexity index is 1310. The van der Waals surface area contributed by atoms with Crippen molar-refractivity contribution in [2.75, 3.05) is 0 Å². The van der Waals surface area contributed by atoms with Crippen LogP contribution in [-0.2, 0) is 17.9 Å². The molecule has 0 unspecified atom stereocenters. The van der Waals surface area contributed by atoms with Gasteiger partial charge in [0.05, 0.1) is 15.9 Å². The second-order valence-corrected chi connectivity index (χ2v) is 8.23. The smallest absolute Gasteiger partial charge is 0.329 e. The van der Waals surface area contributed by atoms with Crippen LogP contribution in [0.2, 0.25) is 0 Å². The van der Waals surface area contributed by atoms with E-state index >= 15 is 0 Å². The van der Waals surface area contributed by atoms with Crippen LogP contribution in [0.25, 0.3) is 6.08 Å². The van der Waals surface area contributed by atoms with E-state index in [0.29, 0.717) is 15.8 Å². The molecule has 8 nitrogen and oxygen atoms in total. The molecule has 34 heavy (non-hydrogen) atoms. The monoisotopic (exact) mass is 525 g/mol. The lowest BCUT2D eigenvalue weighted by Crippen LogP contribution is -2.30. The predicted molar refractivity (Wildman–Crippen MR) is 125 cm³/mol. The second kappa shape index (κ2) is 9.84. The normalized spacial score (nSPS) is 14.4. The summed E-state index contributed by atoms with van der Waals surface area (Å²) < 4.78 is 20.3. The first kappa shape index (κ1) is 23.1. The predicted octanol–water partition coefficient (Wildman–Crippen LogP) is 5.17. The highest BCUT2D eigenvalue weighted by molar-refractivity contribution is 9.10. The molecule has 1 aliphatic rings. The summed E-state index contributed by atoms with van der Waals surface area (Å²) in [5.41, 5.74) is 1.71. The Morgan fingerprint density at radius 3 is 2.50 bits per heavy atom. The molecule has 4 rings (SSSR count). The van der Waals surface area contributed by atoms with Gasteiger partial charge in [0.1, 0.15) is 23.9 Å². The van der Waals surface area contributed by atoms with Crippen LogP contribution in [0.5, 0.6) is 5.75 Å². The summed E-state index contributed by atoms with van der Waals surface area (Å²) in [4.78, 5) is 36.2. The average Bonchev–Trinajstić information content (AvgIpc) is 3.07. The molecule has 3 aromatic carbocycles. The lowest BCUT2D eigenvalue weighted by Gasteiger charge is -2.12. The van der Waals surface area contributed by atoms with Crippen molar-refractivity contribution in [3.05, 3.63) is 110 Å². The number of imide groups is 1. The van der Waals surface area contributed by atoms with Crippen LogP contribution in [0.4, 0.5) is 14.9 Å². The maximum Gasteiger partial charge on any atom is 0.329 e. The van der Waals surface area contributed by atoms with Gasteiger partial charge in [-0.1, -0.05) is 24.3 Å². The van der Waals surface area contributed by atoms with Gasteiger partial charge in [0.2, 0.25) is 0 Å². The first-order valence-corrected chi connectivity index (χ1v) is 10.8. The minimum absolute atomic E-state index is 0.00309. The summed E-state index contributed by atoms with van der Waals surface area (Å²) in [7, 11) is 0. The van der Waals surface area contributed by atoms with Gasteiger partial charge in [0.25, 0.3) is 11.6 Å². The highest BCUT2D eigenvalue weighted by atomic mass is 79.9. The molecule has 1 aliphatic heterocycles. The van der Waals surface area contributed by atoms with Crippen molar-refractivity contribution < 1.29 is 23.6 Å². The van der Waals surface area contributed by atoms with Crippen LogP contribution in [0.1, 0.15) is 16.7 Å². The number of nitro benzene ring substituents is 1. The second-order valence-electron chi connectivity index (χ2n) is 7.37. The molecule has 1 saturated heterocycles. The number of carbonyl (C=O) groups is 2. The summed E-state index contributed by atoms with van der Waals surface area (Å²) in [6.45, 7) is 0.0321. The highest BCUT2D eigenvalue weighted by Crippen LogP contribution is 2.28. The lowest BCUT2D eigenvalue weighted by molar-refractivity contribution is -0.384. The van der Waals surface area contributed by atoms with E-state index in [9.17, 15) is 24.1 Å². The van der Waals surface area contributed by atoms with Gasteiger partial charge in [0.15, 0.2) is 0 Å². The number of amides is 3. The number of hydrogen-bond donors (Lipinski definition) is 1. The summed E-state index contributed by atoms with van der Waals surface area (Å²) in [5.74, 6) is -0.514. The number of urea groups is 1. The van der Waals surface area contributed by atoms with E-state index in [0.717, 1.165) is 10.5 Å². The van der Waals surface area contributed by atoms with Crippen LogP contribution >= 0.6 is 15.9 Å². The van der Waals surface area contributed by atoms with E-state index in [4.69, 9.17) is 4.74 Å². The number of ether oxygens (including phenoxy) is 1. The number of hydrogen-bond acceptors (Lipinski definition) is 5. The molecule has 3 amide bonds. The molecule has 0 aliphatic carbocycles. The van der Waals surface area contributed by atoms with E-state index in [2.05, 4.69) is 21.2 Å². The molecule has 1 heterocycles. The fourth-order valence-electron chi connectivity index (χ4n) is 3.28. The van der Waals surface area contributed by atoms with Gasteiger partial charge in [-0.05, 0) is 63.5 Å². The number of carbonyl (C=O) groups excluding carboxylic acids is 2. The van der Waals surface area contributed by atoms with Gasteiger partial charge in [-0.2, -0.15) is 0 Å². The third-order valence-electron chi connectivity index (χ3n) is 5.06. The zero-order valence-corrected chi connectivity index (χ0v) is 19.1.